The van der Waals surface area contributed by atoms with Gasteiger partial charge in [0.1, 0.15) is 0 Å². The first-order valence-electron chi connectivity index (χ1n) is 4.40. The summed E-state index contributed by atoms with van der Waals surface area (Å²) in [7, 11) is 0. The molecule has 0 atom stereocenters. The summed E-state index contributed by atoms with van der Waals surface area (Å²) in [5, 5.41) is 0. The minimum absolute atomic E-state index is 0. The van der Waals surface area contributed by atoms with Gasteiger partial charge in [0, 0.05) is 6.61 Å². The van der Waals surface area contributed by atoms with Gasteiger partial charge in [0.15, 0.2) is 0 Å². The van der Waals surface area contributed by atoms with Crippen LogP contribution in [0.2, 0.25) is 0 Å². The Morgan fingerprint density at radius 3 is 2.27 bits per heavy atom. The second-order valence-corrected chi connectivity index (χ2v) is 3.63. The summed E-state index contributed by atoms with van der Waals surface area (Å²) in [6, 6.07) is 0. The molecule has 1 heteroatoms. The van der Waals surface area contributed by atoms with Gasteiger partial charge < -0.3 is 4.74 Å². The van der Waals surface area contributed by atoms with Gasteiger partial charge >= 0.3 is 0 Å². The second-order valence-electron chi connectivity index (χ2n) is 3.63. The van der Waals surface area contributed by atoms with Crippen LogP contribution in [0.15, 0.2) is 0 Å². The van der Waals surface area contributed by atoms with E-state index in [2.05, 4.69) is 13.8 Å². The monoisotopic (exact) mass is 158 g/mol. The van der Waals surface area contributed by atoms with Gasteiger partial charge in [0.05, 0.1) is 6.10 Å². The van der Waals surface area contributed by atoms with Crippen molar-refractivity contribution in [3.8, 4) is 0 Å². The molecular weight excluding hydrogens is 136 g/mol. The third kappa shape index (κ3) is 4.41. The van der Waals surface area contributed by atoms with Crippen LogP contribution in [-0.4, -0.2) is 12.7 Å². The summed E-state index contributed by atoms with van der Waals surface area (Å²) in [6.07, 6.45) is 5.95. The van der Waals surface area contributed by atoms with Gasteiger partial charge in [0.25, 0.3) is 0 Å². The maximum atomic E-state index is 5.66. The van der Waals surface area contributed by atoms with Crippen molar-refractivity contribution in [2.75, 3.05) is 6.61 Å². The molecule has 68 valence electrons. The van der Waals surface area contributed by atoms with E-state index < -0.39 is 0 Å². The molecule has 0 N–H and O–H groups in total. The van der Waals surface area contributed by atoms with Crippen molar-refractivity contribution < 1.29 is 4.74 Å². The molecule has 1 aliphatic rings. The van der Waals surface area contributed by atoms with Crippen LogP contribution < -0.4 is 0 Å². The van der Waals surface area contributed by atoms with E-state index in [-0.39, 0.29) is 7.43 Å². The molecule has 1 rings (SSSR count). The largest absolute Gasteiger partial charge is 0.378 e. The van der Waals surface area contributed by atoms with Crippen molar-refractivity contribution in [3.05, 3.63) is 0 Å². The molecule has 0 aromatic heterocycles. The molecule has 0 radical (unpaired) electrons. The maximum Gasteiger partial charge on any atom is 0.0575 e. The number of ether oxygens (including phenoxy) is 1. The van der Waals surface area contributed by atoms with Gasteiger partial charge in [-0.3, -0.25) is 0 Å². The molecule has 1 fully saturated rings. The molecule has 1 nitrogen and oxygen atoms in total. The van der Waals surface area contributed by atoms with Crippen molar-refractivity contribution in [2.45, 2.75) is 53.1 Å². The lowest BCUT2D eigenvalue weighted by Crippen LogP contribution is -2.11. The normalized spacial score (nSPS) is 18.8. The molecule has 1 saturated carbocycles. The van der Waals surface area contributed by atoms with Crippen LogP contribution in [0.3, 0.4) is 0 Å². The zero-order chi connectivity index (χ0) is 7.40. The Morgan fingerprint density at radius 2 is 1.82 bits per heavy atom. The van der Waals surface area contributed by atoms with Crippen molar-refractivity contribution in [1.82, 2.24) is 0 Å². The molecule has 1 aliphatic carbocycles. The van der Waals surface area contributed by atoms with Crippen LogP contribution in [0.25, 0.3) is 0 Å². The van der Waals surface area contributed by atoms with Gasteiger partial charge in [-0.05, 0) is 18.8 Å². The summed E-state index contributed by atoms with van der Waals surface area (Å²) in [5.41, 5.74) is 0. The zero-order valence-electron chi connectivity index (χ0n) is 7.10. The fraction of sp³-hybridized carbons (Fsp3) is 1.00. The number of hydrogen-bond acceptors (Lipinski definition) is 1. The average molecular weight is 158 g/mol. The Hall–Kier alpha value is -0.0400. The third-order valence-corrected chi connectivity index (χ3v) is 1.97. The van der Waals surface area contributed by atoms with Gasteiger partial charge in [0.2, 0.25) is 0 Å². The minimum atomic E-state index is 0. The molecule has 0 aromatic rings. The predicted molar refractivity (Wildman–Crippen MR) is 49.8 cm³/mol. The molecular formula is C10H22O. The predicted octanol–water partition coefficient (Wildman–Crippen LogP) is 3.24. The summed E-state index contributed by atoms with van der Waals surface area (Å²) >= 11 is 0. The lowest BCUT2D eigenvalue weighted by molar-refractivity contribution is 0.0407. The summed E-state index contributed by atoms with van der Waals surface area (Å²) < 4.78 is 5.66. The van der Waals surface area contributed by atoms with Crippen molar-refractivity contribution in [3.63, 3.8) is 0 Å². The fourth-order valence-electron chi connectivity index (χ4n) is 1.38. The lowest BCUT2D eigenvalue weighted by Gasteiger charge is -2.12. The van der Waals surface area contributed by atoms with E-state index in [9.17, 15) is 0 Å². The highest BCUT2D eigenvalue weighted by Gasteiger charge is 2.14. The molecule has 0 aliphatic heterocycles. The van der Waals surface area contributed by atoms with Crippen LogP contribution in [0.4, 0.5) is 0 Å². The molecule has 0 amide bonds. The molecule has 0 aromatic carbocycles. The van der Waals surface area contributed by atoms with Crippen LogP contribution in [0.1, 0.15) is 47.0 Å². The number of hydrogen-bond donors (Lipinski definition) is 0. The Labute approximate surface area is 71.1 Å². The Kier molecular flexibility index (Phi) is 5.57. The Bertz CT molecular complexity index is 82.9. The quantitative estimate of drug-likeness (QED) is 0.612. The summed E-state index contributed by atoms with van der Waals surface area (Å²) in [4.78, 5) is 0. The van der Waals surface area contributed by atoms with Gasteiger partial charge in [-0.25, -0.2) is 0 Å². The van der Waals surface area contributed by atoms with Crippen LogP contribution in [0, 0.1) is 5.92 Å². The SMILES string of the molecule is C.CC(C)COC1CCCC1. The number of rotatable bonds is 3. The Balaban J connectivity index is 0.000001000. The second kappa shape index (κ2) is 5.59. The smallest absolute Gasteiger partial charge is 0.0575 e. The van der Waals surface area contributed by atoms with Crippen LogP contribution >= 0.6 is 0 Å². The van der Waals surface area contributed by atoms with E-state index in [0.29, 0.717) is 12.0 Å². The summed E-state index contributed by atoms with van der Waals surface area (Å²) in [6.45, 7) is 5.36. The highest BCUT2D eigenvalue weighted by Crippen LogP contribution is 2.21. The first kappa shape index (κ1) is 11.0. The van der Waals surface area contributed by atoms with Crippen molar-refractivity contribution in [2.24, 2.45) is 5.92 Å². The zero-order valence-corrected chi connectivity index (χ0v) is 7.10. The van der Waals surface area contributed by atoms with E-state index in [1.54, 1.807) is 0 Å². The first-order chi connectivity index (χ1) is 4.79. The highest BCUT2D eigenvalue weighted by molar-refractivity contribution is 4.66. The van der Waals surface area contributed by atoms with Crippen molar-refractivity contribution >= 4 is 0 Å². The van der Waals surface area contributed by atoms with Gasteiger partial charge in [-0.1, -0.05) is 34.1 Å². The summed E-state index contributed by atoms with van der Waals surface area (Å²) in [5.74, 6) is 0.695. The van der Waals surface area contributed by atoms with Gasteiger partial charge in [-0.15, -0.1) is 0 Å². The Morgan fingerprint density at radius 1 is 1.27 bits per heavy atom. The van der Waals surface area contributed by atoms with Crippen LogP contribution in [-0.2, 0) is 4.74 Å². The highest BCUT2D eigenvalue weighted by atomic mass is 16.5. The first-order valence-corrected chi connectivity index (χ1v) is 4.40. The molecule has 11 heavy (non-hydrogen) atoms. The van der Waals surface area contributed by atoms with E-state index in [1.807, 2.05) is 0 Å². The fourth-order valence-corrected chi connectivity index (χ4v) is 1.38. The molecule has 0 heterocycles. The minimum Gasteiger partial charge on any atom is -0.378 e. The maximum absolute atomic E-state index is 5.66. The standard InChI is InChI=1S/C9H18O.CH4/c1-8(2)7-10-9-5-3-4-6-9;/h8-9H,3-7H2,1-2H3;1H4. The van der Waals surface area contributed by atoms with Gasteiger partial charge in [-0.2, -0.15) is 0 Å². The van der Waals surface area contributed by atoms with E-state index >= 15 is 0 Å². The van der Waals surface area contributed by atoms with E-state index in [1.165, 1.54) is 25.7 Å². The van der Waals surface area contributed by atoms with E-state index in [0.717, 1.165) is 6.61 Å². The molecule has 0 spiro atoms. The third-order valence-electron chi connectivity index (χ3n) is 1.97. The lowest BCUT2D eigenvalue weighted by atomic mass is 10.2. The molecule has 0 saturated heterocycles. The van der Waals surface area contributed by atoms with Crippen LogP contribution in [0.5, 0.6) is 0 Å². The molecule has 0 unspecified atom stereocenters. The van der Waals surface area contributed by atoms with E-state index in [4.69, 9.17) is 4.74 Å². The molecule has 0 bridgehead atoms. The topological polar surface area (TPSA) is 9.23 Å². The van der Waals surface area contributed by atoms with Crippen molar-refractivity contribution in [1.29, 1.82) is 0 Å². The average Bonchev–Trinajstić information content (AvgIpc) is 2.34.